The summed E-state index contributed by atoms with van der Waals surface area (Å²) >= 11 is 3.48. The quantitative estimate of drug-likeness (QED) is 0.229. The summed E-state index contributed by atoms with van der Waals surface area (Å²) in [5, 5.41) is 16.8. The molecular weight excluding hydrogens is 532 g/mol. The van der Waals surface area contributed by atoms with E-state index in [-0.39, 0.29) is 18.0 Å². The van der Waals surface area contributed by atoms with E-state index in [1.54, 1.807) is 30.5 Å². The van der Waals surface area contributed by atoms with Gasteiger partial charge < -0.3 is 9.15 Å². The molecule has 0 unspecified atom stereocenters. The molecule has 2 heterocycles. The maximum absolute atomic E-state index is 13.6. The fourth-order valence-corrected chi connectivity index (χ4v) is 4.65. The van der Waals surface area contributed by atoms with E-state index in [0.717, 1.165) is 20.6 Å². The molecule has 0 aliphatic rings. The molecule has 0 bridgehead atoms. The first-order chi connectivity index (χ1) is 18.1. The summed E-state index contributed by atoms with van der Waals surface area (Å²) in [5.41, 5.74) is 1.52. The van der Waals surface area contributed by atoms with Gasteiger partial charge in [-0.25, -0.2) is 4.98 Å². The molecule has 0 amide bonds. The van der Waals surface area contributed by atoms with Gasteiger partial charge in [-0.15, -0.1) is 0 Å². The van der Waals surface area contributed by atoms with Gasteiger partial charge in [0.05, 0.1) is 17.1 Å². The molecule has 6 aromatic rings. The predicted molar refractivity (Wildman–Crippen MR) is 147 cm³/mol. The number of hydrogen-bond acceptors (Lipinski definition) is 6. The summed E-state index contributed by atoms with van der Waals surface area (Å²) in [6.07, 6.45) is 1.57. The van der Waals surface area contributed by atoms with Crippen molar-refractivity contribution in [3.8, 4) is 23.4 Å². The summed E-state index contributed by atoms with van der Waals surface area (Å²) in [6.45, 7) is -0.115. The summed E-state index contributed by atoms with van der Waals surface area (Å²) in [4.78, 5) is 18.4. The van der Waals surface area contributed by atoms with E-state index in [1.165, 1.54) is 4.68 Å². The molecule has 2 aromatic heterocycles. The van der Waals surface area contributed by atoms with Gasteiger partial charge in [-0.2, -0.15) is 15.0 Å². The summed E-state index contributed by atoms with van der Waals surface area (Å²) in [7, 11) is 0. The highest BCUT2D eigenvalue weighted by atomic mass is 79.9. The van der Waals surface area contributed by atoms with Gasteiger partial charge in [0.1, 0.15) is 17.4 Å². The first-order valence-electron chi connectivity index (χ1n) is 11.4. The normalized spacial score (nSPS) is 11.5. The van der Waals surface area contributed by atoms with Crippen molar-refractivity contribution in [3.63, 3.8) is 0 Å². The Bertz CT molecular complexity index is 1950. The van der Waals surface area contributed by atoms with E-state index in [0.29, 0.717) is 33.6 Å². The smallest absolute Gasteiger partial charge is 0.282 e. The zero-order valence-corrected chi connectivity index (χ0v) is 20.8. The standard InChI is InChI=1S/C29H17BrN4O3/c30-20-10-12-25-19(15-20)16-27(37-25)28-33-24-8-4-3-7-22(24)29(35)34(28)32-17-23-21-6-2-1-5-18(21)9-11-26(23)36-14-13-31/h1-12,15-17H,14H2. The van der Waals surface area contributed by atoms with Crippen LogP contribution in [-0.2, 0) is 0 Å². The molecule has 8 heteroatoms. The van der Waals surface area contributed by atoms with Crippen LogP contribution >= 0.6 is 15.9 Å². The van der Waals surface area contributed by atoms with Crippen molar-refractivity contribution in [1.29, 1.82) is 5.26 Å². The Morgan fingerprint density at radius 2 is 1.81 bits per heavy atom. The van der Waals surface area contributed by atoms with Crippen LogP contribution in [0.25, 0.3) is 44.2 Å². The molecule has 7 nitrogen and oxygen atoms in total. The first kappa shape index (κ1) is 22.7. The van der Waals surface area contributed by atoms with Crippen LogP contribution in [0.2, 0.25) is 0 Å². The molecule has 0 aliphatic heterocycles. The second kappa shape index (κ2) is 9.37. The van der Waals surface area contributed by atoms with Gasteiger partial charge in [0, 0.05) is 15.4 Å². The molecule has 0 fully saturated rings. The molecule has 0 saturated carbocycles. The van der Waals surface area contributed by atoms with E-state index in [4.69, 9.17) is 19.4 Å². The minimum absolute atomic E-state index is 0.115. The zero-order valence-electron chi connectivity index (χ0n) is 19.3. The van der Waals surface area contributed by atoms with E-state index < -0.39 is 0 Å². The summed E-state index contributed by atoms with van der Waals surface area (Å²) in [6, 6.07) is 28.1. The number of aromatic nitrogens is 2. The van der Waals surface area contributed by atoms with Gasteiger partial charge >= 0.3 is 0 Å². The fraction of sp³-hybridized carbons (Fsp3) is 0.0345. The van der Waals surface area contributed by atoms with Crippen LogP contribution in [0.15, 0.2) is 104 Å². The topological polar surface area (TPSA) is 93.4 Å². The first-order valence-corrected chi connectivity index (χ1v) is 12.2. The van der Waals surface area contributed by atoms with Crippen molar-refractivity contribution in [3.05, 3.63) is 105 Å². The predicted octanol–water partition coefficient (Wildman–Crippen LogP) is 6.51. The maximum Gasteiger partial charge on any atom is 0.282 e. The van der Waals surface area contributed by atoms with E-state index in [2.05, 4.69) is 21.0 Å². The third-order valence-corrected chi connectivity index (χ3v) is 6.47. The molecule has 178 valence electrons. The van der Waals surface area contributed by atoms with Crippen LogP contribution in [0.5, 0.6) is 5.75 Å². The molecule has 6 rings (SSSR count). The molecule has 4 aromatic carbocycles. The van der Waals surface area contributed by atoms with Crippen LogP contribution in [-0.4, -0.2) is 22.5 Å². The Kier molecular flexibility index (Phi) is 5.75. The highest BCUT2D eigenvalue weighted by molar-refractivity contribution is 9.10. The maximum atomic E-state index is 13.6. The van der Waals surface area contributed by atoms with Gasteiger partial charge in [-0.1, -0.05) is 58.4 Å². The molecule has 0 radical (unpaired) electrons. The SMILES string of the molecule is N#CCOc1ccc2ccccc2c1C=Nn1c(-c2cc3cc(Br)ccc3o2)nc2ccccc2c1=O. The Morgan fingerprint density at radius 1 is 1.00 bits per heavy atom. The van der Waals surface area contributed by atoms with Crippen molar-refractivity contribution in [2.45, 2.75) is 0 Å². The van der Waals surface area contributed by atoms with Gasteiger partial charge in [0.2, 0.25) is 5.82 Å². The second-order valence-electron chi connectivity index (χ2n) is 8.25. The highest BCUT2D eigenvalue weighted by Crippen LogP contribution is 2.30. The zero-order chi connectivity index (χ0) is 25.4. The number of fused-ring (bicyclic) bond motifs is 3. The molecule has 0 N–H and O–H groups in total. The lowest BCUT2D eigenvalue weighted by Crippen LogP contribution is -2.20. The Labute approximate surface area is 219 Å². The third-order valence-electron chi connectivity index (χ3n) is 5.98. The largest absolute Gasteiger partial charge is 0.478 e. The molecule has 0 saturated heterocycles. The van der Waals surface area contributed by atoms with Crippen molar-refractivity contribution >= 4 is 54.8 Å². The van der Waals surface area contributed by atoms with E-state index in [1.807, 2.05) is 66.7 Å². The lowest BCUT2D eigenvalue weighted by molar-refractivity contribution is 0.368. The van der Waals surface area contributed by atoms with Crippen molar-refractivity contribution < 1.29 is 9.15 Å². The van der Waals surface area contributed by atoms with Crippen molar-refractivity contribution in [1.82, 2.24) is 9.66 Å². The number of furan rings is 1. The Morgan fingerprint density at radius 3 is 2.68 bits per heavy atom. The Hall–Kier alpha value is -4.74. The minimum atomic E-state index is -0.335. The minimum Gasteiger partial charge on any atom is -0.478 e. The second-order valence-corrected chi connectivity index (χ2v) is 9.17. The van der Waals surface area contributed by atoms with Crippen LogP contribution in [0, 0.1) is 11.3 Å². The number of rotatable bonds is 5. The summed E-state index contributed by atoms with van der Waals surface area (Å²) in [5.74, 6) is 1.17. The van der Waals surface area contributed by atoms with Crippen LogP contribution in [0.4, 0.5) is 0 Å². The molecule has 37 heavy (non-hydrogen) atoms. The average molecular weight is 549 g/mol. The van der Waals surface area contributed by atoms with Crippen LogP contribution < -0.4 is 10.3 Å². The number of para-hydroxylation sites is 1. The van der Waals surface area contributed by atoms with Gasteiger partial charge in [0.15, 0.2) is 12.4 Å². The van der Waals surface area contributed by atoms with E-state index >= 15 is 0 Å². The fourth-order valence-electron chi connectivity index (χ4n) is 4.27. The molecular formula is C29H17BrN4O3. The molecule has 0 aliphatic carbocycles. The number of halogens is 1. The van der Waals surface area contributed by atoms with Crippen molar-refractivity contribution in [2.24, 2.45) is 5.10 Å². The van der Waals surface area contributed by atoms with Gasteiger partial charge in [-0.05, 0) is 53.2 Å². The average Bonchev–Trinajstić information content (AvgIpc) is 3.34. The number of ether oxygens (including phenoxy) is 1. The highest BCUT2D eigenvalue weighted by Gasteiger charge is 2.17. The molecule has 0 atom stereocenters. The molecule has 0 spiro atoms. The number of hydrogen-bond donors (Lipinski definition) is 0. The van der Waals surface area contributed by atoms with Crippen LogP contribution in [0.1, 0.15) is 5.56 Å². The number of nitriles is 1. The van der Waals surface area contributed by atoms with Gasteiger partial charge in [0.25, 0.3) is 5.56 Å². The number of nitrogens with zero attached hydrogens (tertiary/aromatic N) is 4. The monoisotopic (exact) mass is 548 g/mol. The van der Waals surface area contributed by atoms with Crippen LogP contribution in [0.3, 0.4) is 0 Å². The van der Waals surface area contributed by atoms with Crippen molar-refractivity contribution in [2.75, 3.05) is 6.61 Å². The van der Waals surface area contributed by atoms with E-state index in [9.17, 15) is 4.79 Å². The van der Waals surface area contributed by atoms with Gasteiger partial charge in [-0.3, -0.25) is 4.79 Å². The third kappa shape index (κ3) is 4.15. The lowest BCUT2D eigenvalue weighted by atomic mass is 10.0. The Balaban J connectivity index is 1.59. The number of benzene rings is 4. The lowest BCUT2D eigenvalue weighted by Gasteiger charge is -2.10. The summed E-state index contributed by atoms with van der Waals surface area (Å²) < 4.78 is 13.9.